The molecule has 1 saturated carbocycles. The number of hydrogen-bond acceptors (Lipinski definition) is 3. The van der Waals surface area contributed by atoms with Gasteiger partial charge < -0.3 is 14.8 Å². The van der Waals surface area contributed by atoms with Crippen molar-refractivity contribution in [1.29, 1.82) is 0 Å². The van der Waals surface area contributed by atoms with Gasteiger partial charge in [-0.1, -0.05) is 20.8 Å². The van der Waals surface area contributed by atoms with Gasteiger partial charge in [-0.25, -0.2) is 0 Å². The highest BCUT2D eigenvalue weighted by Crippen LogP contribution is 2.32. The Labute approximate surface area is 118 Å². The number of nitrogens with one attached hydrogen (secondary N) is 1. The molecular weight excluding hydrogens is 238 g/mol. The van der Waals surface area contributed by atoms with Crippen molar-refractivity contribution in [2.75, 3.05) is 19.8 Å². The molecule has 1 aliphatic carbocycles. The lowest BCUT2D eigenvalue weighted by molar-refractivity contribution is -0.115. The first-order valence-corrected chi connectivity index (χ1v) is 8.17. The summed E-state index contributed by atoms with van der Waals surface area (Å²) in [5, 5.41) is 3.63. The molecule has 2 fully saturated rings. The summed E-state index contributed by atoms with van der Waals surface area (Å²) < 4.78 is 12.0. The molecule has 112 valence electrons. The van der Waals surface area contributed by atoms with Gasteiger partial charge in [0.1, 0.15) is 0 Å². The zero-order valence-corrected chi connectivity index (χ0v) is 12.9. The van der Waals surface area contributed by atoms with E-state index in [1.807, 2.05) is 0 Å². The Morgan fingerprint density at radius 2 is 2.00 bits per heavy atom. The van der Waals surface area contributed by atoms with Crippen LogP contribution in [0.25, 0.3) is 0 Å². The lowest BCUT2D eigenvalue weighted by Crippen LogP contribution is -2.49. The summed E-state index contributed by atoms with van der Waals surface area (Å²) in [5.41, 5.74) is 0. The Kier molecular flexibility index (Phi) is 6.11. The molecule has 1 N–H and O–H groups in total. The molecule has 0 aromatic rings. The highest BCUT2D eigenvalue weighted by atomic mass is 16.5. The quantitative estimate of drug-likeness (QED) is 0.832. The van der Waals surface area contributed by atoms with Crippen molar-refractivity contribution in [2.45, 2.75) is 71.1 Å². The summed E-state index contributed by atoms with van der Waals surface area (Å²) in [5.74, 6) is 1.65. The van der Waals surface area contributed by atoms with E-state index in [0.29, 0.717) is 12.1 Å². The smallest absolute Gasteiger partial charge is 0.0965 e. The summed E-state index contributed by atoms with van der Waals surface area (Å²) >= 11 is 0. The molecule has 3 nitrogen and oxygen atoms in total. The largest absolute Gasteiger partial charge is 0.379 e. The first-order chi connectivity index (χ1) is 9.20. The first-order valence-electron chi connectivity index (χ1n) is 8.17. The van der Waals surface area contributed by atoms with Gasteiger partial charge >= 0.3 is 0 Å². The van der Waals surface area contributed by atoms with Gasteiger partial charge in [0, 0.05) is 12.6 Å². The average molecular weight is 269 g/mol. The zero-order chi connectivity index (χ0) is 13.7. The van der Waals surface area contributed by atoms with E-state index in [0.717, 1.165) is 38.0 Å². The van der Waals surface area contributed by atoms with Crippen LogP contribution in [0.4, 0.5) is 0 Å². The van der Waals surface area contributed by atoms with Crippen LogP contribution >= 0.6 is 0 Å². The second kappa shape index (κ2) is 7.61. The van der Waals surface area contributed by atoms with Crippen LogP contribution in [0.2, 0.25) is 0 Å². The van der Waals surface area contributed by atoms with E-state index >= 15 is 0 Å². The topological polar surface area (TPSA) is 30.5 Å². The van der Waals surface area contributed by atoms with Crippen LogP contribution in [0.3, 0.4) is 0 Å². The van der Waals surface area contributed by atoms with E-state index in [2.05, 4.69) is 26.1 Å². The molecule has 0 spiro atoms. The van der Waals surface area contributed by atoms with Crippen molar-refractivity contribution in [3.63, 3.8) is 0 Å². The van der Waals surface area contributed by atoms with Gasteiger partial charge in [-0.2, -0.15) is 0 Å². The van der Waals surface area contributed by atoms with Gasteiger partial charge in [0.2, 0.25) is 0 Å². The van der Waals surface area contributed by atoms with Crippen LogP contribution in [0.15, 0.2) is 0 Å². The zero-order valence-electron chi connectivity index (χ0n) is 12.9. The minimum atomic E-state index is 0.255. The summed E-state index contributed by atoms with van der Waals surface area (Å²) in [4.78, 5) is 0. The van der Waals surface area contributed by atoms with E-state index in [9.17, 15) is 0 Å². The molecule has 0 aromatic carbocycles. The molecule has 3 heteroatoms. The average Bonchev–Trinajstić information content (AvgIpc) is 2.42. The fourth-order valence-corrected chi connectivity index (χ4v) is 3.28. The predicted octanol–water partition coefficient (Wildman–Crippen LogP) is 2.98. The fourth-order valence-electron chi connectivity index (χ4n) is 3.28. The maximum Gasteiger partial charge on any atom is 0.0965 e. The van der Waals surface area contributed by atoms with Gasteiger partial charge in [0.25, 0.3) is 0 Å². The normalized spacial score (nSPS) is 40.3. The van der Waals surface area contributed by atoms with E-state index in [1.165, 1.54) is 25.7 Å². The standard InChI is InChI=1S/C16H31NO2/c1-4-8-17-15-7-9-18-11-16(15)19-14-6-5-12(2)13(3)10-14/h12-17H,4-11H2,1-3H3. The van der Waals surface area contributed by atoms with Gasteiger partial charge in [-0.05, 0) is 50.5 Å². The van der Waals surface area contributed by atoms with Crippen molar-refractivity contribution < 1.29 is 9.47 Å². The maximum atomic E-state index is 6.37. The van der Waals surface area contributed by atoms with Crippen molar-refractivity contribution in [3.8, 4) is 0 Å². The molecule has 0 aromatic heterocycles. The van der Waals surface area contributed by atoms with Crippen LogP contribution in [0, 0.1) is 11.8 Å². The third-order valence-corrected chi connectivity index (χ3v) is 4.88. The Morgan fingerprint density at radius 3 is 2.74 bits per heavy atom. The predicted molar refractivity (Wildman–Crippen MR) is 78.4 cm³/mol. The summed E-state index contributed by atoms with van der Waals surface area (Å²) in [6, 6.07) is 0.489. The molecule has 1 aliphatic heterocycles. The Bertz CT molecular complexity index is 259. The third-order valence-electron chi connectivity index (χ3n) is 4.88. The minimum Gasteiger partial charge on any atom is -0.379 e. The van der Waals surface area contributed by atoms with E-state index in [4.69, 9.17) is 9.47 Å². The van der Waals surface area contributed by atoms with Crippen LogP contribution < -0.4 is 5.32 Å². The van der Waals surface area contributed by atoms with Crippen LogP contribution in [0.1, 0.15) is 52.9 Å². The number of rotatable bonds is 5. The van der Waals surface area contributed by atoms with E-state index in [-0.39, 0.29) is 6.10 Å². The Balaban J connectivity index is 1.81. The molecule has 0 bridgehead atoms. The van der Waals surface area contributed by atoms with Gasteiger partial charge in [-0.15, -0.1) is 0 Å². The van der Waals surface area contributed by atoms with Crippen molar-refractivity contribution in [3.05, 3.63) is 0 Å². The van der Waals surface area contributed by atoms with E-state index in [1.54, 1.807) is 0 Å². The molecule has 1 heterocycles. The molecule has 5 unspecified atom stereocenters. The highest BCUT2D eigenvalue weighted by Gasteiger charge is 2.31. The molecule has 0 amide bonds. The van der Waals surface area contributed by atoms with Gasteiger partial charge in [-0.3, -0.25) is 0 Å². The Hall–Kier alpha value is -0.120. The van der Waals surface area contributed by atoms with Crippen LogP contribution in [0.5, 0.6) is 0 Å². The van der Waals surface area contributed by atoms with Gasteiger partial charge in [0.05, 0.1) is 18.8 Å². The van der Waals surface area contributed by atoms with E-state index < -0.39 is 0 Å². The lowest BCUT2D eigenvalue weighted by Gasteiger charge is -2.38. The summed E-state index contributed by atoms with van der Waals surface area (Å²) in [6.45, 7) is 9.68. The van der Waals surface area contributed by atoms with Gasteiger partial charge in [0.15, 0.2) is 0 Å². The Morgan fingerprint density at radius 1 is 1.16 bits per heavy atom. The second-order valence-corrected chi connectivity index (χ2v) is 6.49. The van der Waals surface area contributed by atoms with Crippen LogP contribution in [-0.4, -0.2) is 38.0 Å². The first kappa shape index (κ1) is 15.3. The summed E-state index contributed by atoms with van der Waals surface area (Å²) in [6.07, 6.45) is 6.73. The maximum absolute atomic E-state index is 6.37. The monoisotopic (exact) mass is 269 g/mol. The molecule has 0 radical (unpaired) electrons. The lowest BCUT2D eigenvalue weighted by atomic mass is 9.80. The number of hydrogen-bond donors (Lipinski definition) is 1. The molecule has 19 heavy (non-hydrogen) atoms. The van der Waals surface area contributed by atoms with Crippen molar-refractivity contribution in [2.24, 2.45) is 11.8 Å². The summed E-state index contributed by atoms with van der Waals surface area (Å²) in [7, 11) is 0. The van der Waals surface area contributed by atoms with Crippen molar-refractivity contribution in [1.82, 2.24) is 5.32 Å². The molecule has 2 rings (SSSR count). The minimum absolute atomic E-state index is 0.255. The molecule has 5 atom stereocenters. The molecular formula is C16H31NO2. The van der Waals surface area contributed by atoms with Crippen molar-refractivity contribution >= 4 is 0 Å². The highest BCUT2D eigenvalue weighted by molar-refractivity contribution is 4.83. The third kappa shape index (κ3) is 4.44. The molecule has 1 saturated heterocycles. The SMILES string of the molecule is CCCNC1CCOCC1OC1CCC(C)C(C)C1. The fraction of sp³-hybridized carbons (Fsp3) is 1.00. The molecule has 2 aliphatic rings. The number of ether oxygens (including phenoxy) is 2. The second-order valence-electron chi connectivity index (χ2n) is 6.49. The van der Waals surface area contributed by atoms with Crippen LogP contribution in [-0.2, 0) is 9.47 Å².